The first-order chi connectivity index (χ1) is 5.70. The van der Waals surface area contributed by atoms with Crippen LogP contribution in [0.3, 0.4) is 0 Å². The molecule has 12 heavy (non-hydrogen) atoms. The molecule has 0 aromatic rings. The quantitative estimate of drug-likeness (QED) is 0.607. The Morgan fingerprint density at radius 1 is 1.50 bits per heavy atom. The van der Waals surface area contributed by atoms with Gasteiger partial charge in [0, 0.05) is 12.6 Å². The summed E-state index contributed by atoms with van der Waals surface area (Å²) < 4.78 is 0. The highest BCUT2D eigenvalue weighted by atomic mass is 16.4. The van der Waals surface area contributed by atoms with Crippen molar-refractivity contribution in [1.82, 2.24) is 0 Å². The molecule has 0 aromatic carbocycles. The zero-order valence-corrected chi connectivity index (χ0v) is 6.94. The summed E-state index contributed by atoms with van der Waals surface area (Å²) in [5.74, 6) is -0.862. The normalized spacial score (nSPS) is 28.2. The van der Waals surface area contributed by atoms with Crippen molar-refractivity contribution in [3.8, 4) is 6.57 Å². The second-order valence-electron chi connectivity index (χ2n) is 2.96. The van der Waals surface area contributed by atoms with Crippen LogP contribution in [0.4, 0.5) is 0 Å². The number of nitrogens with two attached hydrogens (primary N) is 1. The fourth-order valence-electron chi connectivity index (χ4n) is 1.45. The highest BCUT2D eigenvalue weighted by molar-refractivity contribution is 5.70. The van der Waals surface area contributed by atoms with Gasteiger partial charge in [0.1, 0.15) is 0 Å². The first-order valence-corrected chi connectivity index (χ1v) is 3.94. The number of carboxylic acid groups (broad SMARTS) is 1. The van der Waals surface area contributed by atoms with Gasteiger partial charge in [-0.25, -0.2) is 5.26 Å². The maximum absolute atomic E-state index is 10.4. The summed E-state index contributed by atoms with van der Waals surface area (Å²) in [7, 11) is 0. The van der Waals surface area contributed by atoms with E-state index in [0.29, 0.717) is 6.42 Å². The lowest BCUT2D eigenvalue weighted by Crippen LogP contribution is -2.31. The van der Waals surface area contributed by atoms with Gasteiger partial charge in [-0.3, -0.25) is 4.79 Å². The lowest BCUT2D eigenvalue weighted by Gasteiger charge is -2.22. The Hall–Kier alpha value is -1.08. The molecule has 1 fully saturated rings. The van der Waals surface area contributed by atoms with Gasteiger partial charge in [0.25, 0.3) is 0 Å². The molecule has 0 bridgehead atoms. The van der Waals surface area contributed by atoms with Gasteiger partial charge in [-0.1, -0.05) is 6.42 Å². The van der Waals surface area contributed by atoms with Gasteiger partial charge < -0.3 is 10.8 Å². The molecule has 0 spiro atoms. The van der Waals surface area contributed by atoms with Crippen LogP contribution in [0.15, 0.2) is 0 Å². The molecule has 4 nitrogen and oxygen atoms in total. The lowest BCUT2D eigenvalue weighted by molar-refractivity contribution is -0.142. The van der Waals surface area contributed by atoms with Crippen molar-refractivity contribution in [2.24, 2.45) is 11.7 Å². The number of aliphatic carboxylic acids is 1. The van der Waals surface area contributed by atoms with E-state index in [-0.39, 0.29) is 12.0 Å². The number of nitriles is 1. The molecule has 1 aliphatic carbocycles. The van der Waals surface area contributed by atoms with Crippen molar-refractivity contribution in [1.29, 1.82) is 5.26 Å². The number of hydrogen-bond donors (Lipinski definition) is 2. The van der Waals surface area contributed by atoms with E-state index in [1.54, 1.807) is 0 Å². The number of carboxylic acids is 1. The molecule has 2 unspecified atom stereocenters. The Balaban J connectivity index is 0.000000561. The Labute approximate surface area is 72.0 Å². The third-order valence-electron chi connectivity index (χ3n) is 2.06. The lowest BCUT2D eigenvalue weighted by atomic mass is 9.86. The molecule has 0 aliphatic heterocycles. The first kappa shape index (κ1) is 10.9. The molecule has 1 aliphatic rings. The van der Waals surface area contributed by atoms with Gasteiger partial charge in [0.2, 0.25) is 0 Å². The number of nitrogens with zero attached hydrogens (tertiary/aromatic N) is 1. The summed E-state index contributed by atoms with van der Waals surface area (Å²) in [6.45, 7) is 3.50. The van der Waals surface area contributed by atoms with Gasteiger partial charge in [0.05, 0.1) is 5.92 Å². The SMILES string of the molecule is C#N.NC1CCCC(C(=O)O)C1. The zero-order chi connectivity index (χ0) is 9.56. The Morgan fingerprint density at radius 3 is 2.42 bits per heavy atom. The summed E-state index contributed by atoms with van der Waals surface area (Å²) in [6.07, 6.45) is 3.43. The summed E-state index contributed by atoms with van der Waals surface area (Å²) in [4.78, 5) is 10.4. The fourth-order valence-corrected chi connectivity index (χ4v) is 1.45. The average Bonchev–Trinajstić information content (AvgIpc) is 2.08. The van der Waals surface area contributed by atoms with E-state index in [9.17, 15) is 4.79 Å². The maximum atomic E-state index is 10.4. The molecular weight excluding hydrogens is 156 g/mol. The molecule has 0 amide bonds. The number of carbonyl (C=O) groups is 1. The fraction of sp³-hybridized carbons (Fsp3) is 0.750. The minimum Gasteiger partial charge on any atom is -0.481 e. The summed E-state index contributed by atoms with van der Waals surface area (Å²) in [6, 6.07) is 0.120. The molecule has 0 heterocycles. The molecular formula is C8H14N2O2. The molecule has 0 saturated heterocycles. The Morgan fingerprint density at radius 2 is 2.08 bits per heavy atom. The molecule has 4 heteroatoms. The maximum Gasteiger partial charge on any atom is 0.306 e. The van der Waals surface area contributed by atoms with E-state index in [2.05, 4.69) is 6.57 Å². The van der Waals surface area contributed by atoms with Crippen LogP contribution in [-0.4, -0.2) is 17.1 Å². The first-order valence-electron chi connectivity index (χ1n) is 3.94. The van der Waals surface area contributed by atoms with Gasteiger partial charge >= 0.3 is 5.97 Å². The second-order valence-corrected chi connectivity index (χ2v) is 2.96. The van der Waals surface area contributed by atoms with Crippen molar-refractivity contribution in [3.05, 3.63) is 0 Å². The molecule has 0 radical (unpaired) electrons. The van der Waals surface area contributed by atoms with E-state index in [0.717, 1.165) is 19.3 Å². The van der Waals surface area contributed by atoms with E-state index >= 15 is 0 Å². The van der Waals surface area contributed by atoms with Crippen molar-refractivity contribution in [2.75, 3.05) is 0 Å². The predicted octanol–water partition coefficient (Wildman–Crippen LogP) is 0.728. The monoisotopic (exact) mass is 170 g/mol. The molecule has 68 valence electrons. The molecule has 1 rings (SSSR count). The highest BCUT2D eigenvalue weighted by Gasteiger charge is 2.24. The number of hydrogen-bond acceptors (Lipinski definition) is 3. The van der Waals surface area contributed by atoms with Gasteiger partial charge in [-0.15, -0.1) is 0 Å². The smallest absolute Gasteiger partial charge is 0.306 e. The van der Waals surface area contributed by atoms with E-state index < -0.39 is 5.97 Å². The Kier molecular flexibility index (Phi) is 5.06. The van der Waals surface area contributed by atoms with Crippen LogP contribution in [0.5, 0.6) is 0 Å². The molecule has 1 saturated carbocycles. The number of rotatable bonds is 1. The van der Waals surface area contributed by atoms with Crippen molar-refractivity contribution in [3.63, 3.8) is 0 Å². The highest BCUT2D eigenvalue weighted by Crippen LogP contribution is 2.22. The molecule has 2 atom stereocenters. The van der Waals surface area contributed by atoms with Gasteiger partial charge in [-0.2, -0.15) is 0 Å². The summed E-state index contributed by atoms with van der Waals surface area (Å²) in [5.41, 5.74) is 5.60. The third-order valence-corrected chi connectivity index (χ3v) is 2.06. The van der Waals surface area contributed by atoms with E-state index in [1.165, 1.54) is 0 Å². The van der Waals surface area contributed by atoms with Crippen LogP contribution in [0.1, 0.15) is 25.7 Å². The van der Waals surface area contributed by atoms with Crippen LogP contribution >= 0.6 is 0 Å². The minimum absolute atomic E-state index is 0.120. The largest absolute Gasteiger partial charge is 0.481 e. The third kappa shape index (κ3) is 3.35. The summed E-state index contributed by atoms with van der Waals surface area (Å²) >= 11 is 0. The van der Waals surface area contributed by atoms with E-state index in [1.807, 2.05) is 0 Å². The standard InChI is InChI=1S/C7H13NO2.CHN/c8-6-3-1-2-5(4-6)7(9)10;1-2/h5-6H,1-4,8H2,(H,9,10);1H. The van der Waals surface area contributed by atoms with Crippen LogP contribution in [-0.2, 0) is 4.79 Å². The van der Waals surface area contributed by atoms with Crippen LogP contribution in [0.2, 0.25) is 0 Å². The van der Waals surface area contributed by atoms with Crippen molar-refractivity contribution in [2.45, 2.75) is 31.7 Å². The molecule has 0 aromatic heterocycles. The van der Waals surface area contributed by atoms with Gasteiger partial charge in [-0.05, 0) is 19.3 Å². The second kappa shape index (κ2) is 5.56. The zero-order valence-electron chi connectivity index (χ0n) is 6.94. The van der Waals surface area contributed by atoms with Crippen LogP contribution < -0.4 is 5.73 Å². The minimum atomic E-state index is -0.685. The van der Waals surface area contributed by atoms with Crippen molar-refractivity contribution >= 4 is 5.97 Å². The average molecular weight is 170 g/mol. The van der Waals surface area contributed by atoms with E-state index in [4.69, 9.17) is 16.1 Å². The van der Waals surface area contributed by atoms with Crippen LogP contribution in [0.25, 0.3) is 0 Å². The Bertz CT molecular complexity index is 168. The van der Waals surface area contributed by atoms with Gasteiger partial charge in [0.15, 0.2) is 0 Å². The van der Waals surface area contributed by atoms with Crippen molar-refractivity contribution < 1.29 is 9.90 Å². The predicted molar refractivity (Wildman–Crippen MR) is 44.2 cm³/mol. The summed E-state index contributed by atoms with van der Waals surface area (Å²) in [5, 5.41) is 15.1. The van der Waals surface area contributed by atoms with Crippen LogP contribution in [0, 0.1) is 17.8 Å². The molecule has 3 N–H and O–H groups in total. The topological polar surface area (TPSA) is 87.1 Å².